The van der Waals surface area contributed by atoms with Crippen LogP contribution in [0.3, 0.4) is 0 Å². The molecular formula is C13H13ClFN. The van der Waals surface area contributed by atoms with Crippen molar-refractivity contribution in [3.8, 4) is 0 Å². The minimum atomic E-state index is -0.392. The number of aryl methyl sites for hydroxylation is 1. The van der Waals surface area contributed by atoms with E-state index in [-0.39, 0.29) is 5.02 Å². The van der Waals surface area contributed by atoms with Crippen molar-refractivity contribution in [2.75, 3.05) is 0 Å². The van der Waals surface area contributed by atoms with Crippen LogP contribution in [-0.4, -0.2) is 4.98 Å². The molecule has 2 aromatic rings. The molecule has 0 N–H and O–H groups in total. The van der Waals surface area contributed by atoms with Gasteiger partial charge in [0.1, 0.15) is 5.82 Å². The molecule has 0 bridgehead atoms. The number of nitrogens with zero attached hydrogens (tertiary/aromatic N) is 1. The fourth-order valence-electron chi connectivity index (χ4n) is 1.71. The van der Waals surface area contributed by atoms with E-state index in [1.807, 2.05) is 13.0 Å². The van der Waals surface area contributed by atoms with Gasteiger partial charge in [0.15, 0.2) is 0 Å². The Bertz CT molecular complexity index is 549. The van der Waals surface area contributed by atoms with Crippen molar-refractivity contribution in [1.82, 2.24) is 4.98 Å². The summed E-state index contributed by atoms with van der Waals surface area (Å²) in [4.78, 5) is 4.49. The summed E-state index contributed by atoms with van der Waals surface area (Å²) in [5, 5.41) is 0.951. The van der Waals surface area contributed by atoms with Gasteiger partial charge in [-0.15, -0.1) is 0 Å². The van der Waals surface area contributed by atoms with Gasteiger partial charge in [-0.25, -0.2) is 4.39 Å². The first-order valence-corrected chi connectivity index (χ1v) is 5.63. The van der Waals surface area contributed by atoms with Gasteiger partial charge in [-0.05, 0) is 36.6 Å². The van der Waals surface area contributed by atoms with E-state index in [4.69, 9.17) is 11.6 Å². The quantitative estimate of drug-likeness (QED) is 0.714. The van der Waals surface area contributed by atoms with E-state index in [1.54, 1.807) is 6.07 Å². The number of pyridine rings is 1. The maximum atomic E-state index is 13.3. The Morgan fingerprint density at radius 2 is 1.94 bits per heavy atom. The summed E-state index contributed by atoms with van der Waals surface area (Å²) in [6.45, 7) is 6.13. The van der Waals surface area contributed by atoms with Crippen LogP contribution < -0.4 is 0 Å². The van der Waals surface area contributed by atoms with Gasteiger partial charge in [0.2, 0.25) is 0 Å². The highest BCUT2D eigenvalue weighted by Crippen LogP contribution is 2.26. The first-order chi connectivity index (χ1) is 7.49. The summed E-state index contributed by atoms with van der Waals surface area (Å²) < 4.78 is 13.3. The summed E-state index contributed by atoms with van der Waals surface area (Å²) in [6, 6.07) is 5.04. The number of fused-ring (bicyclic) bond motifs is 1. The van der Waals surface area contributed by atoms with Crippen LogP contribution in [0.25, 0.3) is 10.9 Å². The summed E-state index contributed by atoms with van der Waals surface area (Å²) in [7, 11) is 0. The first kappa shape index (κ1) is 11.3. The van der Waals surface area contributed by atoms with Crippen molar-refractivity contribution in [3.05, 3.63) is 40.3 Å². The molecule has 16 heavy (non-hydrogen) atoms. The molecule has 0 radical (unpaired) electrons. The van der Waals surface area contributed by atoms with Crippen molar-refractivity contribution < 1.29 is 4.39 Å². The maximum absolute atomic E-state index is 13.3. The number of halogens is 2. The van der Waals surface area contributed by atoms with Gasteiger partial charge in [-0.1, -0.05) is 25.4 Å². The van der Waals surface area contributed by atoms with Gasteiger partial charge in [-0.2, -0.15) is 0 Å². The minimum Gasteiger partial charge on any atom is -0.252 e. The monoisotopic (exact) mass is 237 g/mol. The third kappa shape index (κ3) is 1.90. The topological polar surface area (TPSA) is 12.9 Å². The van der Waals surface area contributed by atoms with Crippen LogP contribution in [0.2, 0.25) is 5.02 Å². The summed E-state index contributed by atoms with van der Waals surface area (Å²) >= 11 is 5.76. The molecule has 0 amide bonds. The second-order valence-electron chi connectivity index (χ2n) is 4.30. The fraction of sp³-hybridized carbons (Fsp3) is 0.308. The first-order valence-electron chi connectivity index (χ1n) is 5.25. The van der Waals surface area contributed by atoms with E-state index >= 15 is 0 Å². The van der Waals surface area contributed by atoms with Crippen molar-refractivity contribution >= 4 is 22.5 Å². The molecule has 1 aromatic heterocycles. The Morgan fingerprint density at radius 1 is 1.25 bits per heavy atom. The third-order valence-corrected chi connectivity index (χ3v) is 2.96. The molecule has 0 saturated carbocycles. The second-order valence-corrected chi connectivity index (χ2v) is 4.71. The SMILES string of the molecule is Cc1cc(C(C)C)nc2cc(Cl)c(F)cc12. The Balaban J connectivity index is 2.77. The highest BCUT2D eigenvalue weighted by molar-refractivity contribution is 6.31. The zero-order valence-corrected chi connectivity index (χ0v) is 10.3. The van der Waals surface area contributed by atoms with E-state index in [0.717, 1.165) is 22.2 Å². The van der Waals surface area contributed by atoms with Gasteiger partial charge in [0.25, 0.3) is 0 Å². The largest absolute Gasteiger partial charge is 0.252 e. The van der Waals surface area contributed by atoms with Gasteiger partial charge in [-0.3, -0.25) is 4.98 Å². The van der Waals surface area contributed by atoms with Crippen LogP contribution in [0, 0.1) is 12.7 Å². The zero-order chi connectivity index (χ0) is 11.9. The van der Waals surface area contributed by atoms with Crippen molar-refractivity contribution in [1.29, 1.82) is 0 Å². The van der Waals surface area contributed by atoms with E-state index in [2.05, 4.69) is 18.8 Å². The summed E-state index contributed by atoms with van der Waals surface area (Å²) in [5.41, 5.74) is 2.80. The van der Waals surface area contributed by atoms with Gasteiger partial charge >= 0.3 is 0 Å². The molecule has 0 aliphatic rings. The zero-order valence-electron chi connectivity index (χ0n) is 9.51. The number of rotatable bonds is 1. The Kier molecular flexibility index (Phi) is 2.85. The third-order valence-electron chi connectivity index (χ3n) is 2.67. The van der Waals surface area contributed by atoms with Crippen LogP contribution in [0.4, 0.5) is 4.39 Å². The summed E-state index contributed by atoms with van der Waals surface area (Å²) in [5.74, 6) is -0.0386. The lowest BCUT2D eigenvalue weighted by Crippen LogP contribution is -1.95. The van der Waals surface area contributed by atoms with Crippen LogP contribution in [0.5, 0.6) is 0 Å². The predicted octanol–water partition coefficient (Wildman–Crippen LogP) is 4.46. The van der Waals surface area contributed by atoms with Gasteiger partial charge in [0.05, 0.1) is 10.5 Å². The summed E-state index contributed by atoms with van der Waals surface area (Å²) in [6.07, 6.45) is 0. The molecule has 0 saturated heterocycles. The maximum Gasteiger partial charge on any atom is 0.142 e. The van der Waals surface area contributed by atoms with Crippen LogP contribution >= 0.6 is 11.6 Å². The molecule has 1 heterocycles. The molecule has 0 unspecified atom stereocenters. The average Bonchev–Trinajstić information content (AvgIpc) is 2.20. The Hall–Kier alpha value is -1.15. The lowest BCUT2D eigenvalue weighted by molar-refractivity contribution is 0.630. The lowest BCUT2D eigenvalue weighted by atomic mass is 10.0. The highest BCUT2D eigenvalue weighted by Gasteiger charge is 2.09. The molecule has 0 aliphatic carbocycles. The molecule has 2 rings (SSSR count). The molecule has 84 valence electrons. The molecule has 3 heteroatoms. The molecular weight excluding hydrogens is 225 g/mol. The Labute approximate surface area is 99.3 Å². The fourth-order valence-corrected chi connectivity index (χ4v) is 1.87. The average molecular weight is 238 g/mol. The van der Waals surface area contributed by atoms with Crippen molar-refractivity contribution in [3.63, 3.8) is 0 Å². The number of benzene rings is 1. The Morgan fingerprint density at radius 3 is 2.56 bits per heavy atom. The number of hydrogen-bond acceptors (Lipinski definition) is 1. The normalized spacial score (nSPS) is 11.4. The van der Waals surface area contributed by atoms with E-state index < -0.39 is 5.82 Å². The van der Waals surface area contributed by atoms with Gasteiger partial charge in [0, 0.05) is 11.1 Å². The highest BCUT2D eigenvalue weighted by atomic mass is 35.5. The van der Waals surface area contributed by atoms with Crippen molar-refractivity contribution in [2.24, 2.45) is 0 Å². The van der Waals surface area contributed by atoms with E-state index in [0.29, 0.717) is 5.92 Å². The molecule has 0 spiro atoms. The minimum absolute atomic E-state index is 0.125. The lowest BCUT2D eigenvalue weighted by Gasteiger charge is -2.09. The van der Waals surface area contributed by atoms with Crippen LogP contribution in [0.15, 0.2) is 18.2 Å². The van der Waals surface area contributed by atoms with Crippen LogP contribution in [-0.2, 0) is 0 Å². The molecule has 0 atom stereocenters. The standard InChI is InChI=1S/C13H13ClFN/c1-7(2)12-4-8(3)9-5-11(15)10(14)6-13(9)16-12/h4-7H,1-3H3. The predicted molar refractivity (Wildman–Crippen MR) is 65.5 cm³/mol. The number of hydrogen-bond donors (Lipinski definition) is 0. The molecule has 1 aromatic carbocycles. The second kappa shape index (κ2) is 4.02. The van der Waals surface area contributed by atoms with E-state index in [1.165, 1.54) is 6.07 Å². The van der Waals surface area contributed by atoms with Crippen LogP contribution in [0.1, 0.15) is 31.0 Å². The smallest absolute Gasteiger partial charge is 0.142 e. The molecule has 0 fully saturated rings. The molecule has 1 nitrogen and oxygen atoms in total. The van der Waals surface area contributed by atoms with Gasteiger partial charge < -0.3 is 0 Å². The number of aromatic nitrogens is 1. The van der Waals surface area contributed by atoms with E-state index in [9.17, 15) is 4.39 Å². The molecule has 0 aliphatic heterocycles. The van der Waals surface area contributed by atoms with Crippen molar-refractivity contribution in [2.45, 2.75) is 26.7 Å².